The number of halogens is 3. The van der Waals surface area contributed by atoms with Crippen LogP contribution >= 0.6 is 51.8 Å². The van der Waals surface area contributed by atoms with E-state index < -0.39 is 0 Å². The molecule has 0 radical (unpaired) electrons. The molecule has 0 aromatic heterocycles. The van der Waals surface area contributed by atoms with E-state index in [1.54, 1.807) is 36.4 Å². The Morgan fingerprint density at radius 1 is 1.16 bits per heavy atom. The monoisotopic (exact) mass is 375 g/mol. The fourth-order valence-electron chi connectivity index (χ4n) is 1.46. The van der Waals surface area contributed by atoms with Gasteiger partial charge in [0.15, 0.2) is 0 Å². The molecule has 98 valence electrons. The summed E-state index contributed by atoms with van der Waals surface area (Å²) in [4.78, 5) is 12.8. The van der Waals surface area contributed by atoms with Crippen molar-refractivity contribution >= 4 is 63.4 Å². The number of hydrogen-bond acceptors (Lipinski definition) is 2. The van der Waals surface area contributed by atoms with Gasteiger partial charge in [-0.05, 0) is 46.3 Å². The highest BCUT2D eigenvalue weighted by atomic mass is 79.9. The molecule has 2 aromatic carbocycles. The number of carbonyl (C=O) groups excluding carboxylic acids is 1. The molecule has 0 saturated heterocycles. The lowest BCUT2D eigenvalue weighted by atomic mass is 10.2. The number of hydrogen-bond donors (Lipinski definition) is 2. The average Bonchev–Trinajstić information content (AvgIpc) is 2.39. The van der Waals surface area contributed by atoms with E-state index in [9.17, 15) is 4.79 Å². The second-order valence-corrected chi connectivity index (χ2v) is 5.85. The van der Waals surface area contributed by atoms with Crippen molar-refractivity contribution in [2.45, 2.75) is 4.90 Å². The van der Waals surface area contributed by atoms with Crippen molar-refractivity contribution in [1.29, 1.82) is 0 Å². The second-order valence-electron chi connectivity index (χ2n) is 3.73. The topological polar surface area (TPSA) is 29.1 Å². The molecule has 19 heavy (non-hydrogen) atoms. The number of carbonyl (C=O) groups is 1. The van der Waals surface area contributed by atoms with Crippen molar-refractivity contribution in [2.75, 3.05) is 5.32 Å². The second kappa shape index (κ2) is 6.18. The summed E-state index contributed by atoms with van der Waals surface area (Å²) in [7, 11) is 0. The lowest BCUT2D eigenvalue weighted by Crippen LogP contribution is -2.12. The van der Waals surface area contributed by atoms with E-state index in [2.05, 4.69) is 33.9 Å². The molecular weight excluding hydrogens is 369 g/mol. The van der Waals surface area contributed by atoms with Gasteiger partial charge in [0.05, 0.1) is 15.7 Å². The van der Waals surface area contributed by atoms with Crippen LogP contribution in [0.15, 0.2) is 45.8 Å². The summed E-state index contributed by atoms with van der Waals surface area (Å²) in [6.07, 6.45) is 0. The van der Waals surface area contributed by atoms with Gasteiger partial charge in [-0.25, -0.2) is 0 Å². The molecule has 6 heteroatoms. The van der Waals surface area contributed by atoms with E-state index in [4.69, 9.17) is 23.2 Å². The summed E-state index contributed by atoms with van der Waals surface area (Å²) in [6.45, 7) is 0. The molecule has 1 amide bonds. The summed E-state index contributed by atoms with van der Waals surface area (Å²) >= 11 is 19.5. The van der Waals surface area contributed by atoms with E-state index in [0.717, 1.165) is 0 Å². The van der Waals surface area contributed by atoms with Gasteiger partial charge in [-0.15, -0.1) is 12.6 Å². The number of thiol groups is 1. The highest BCUT2D eigenvalue weighted by Gasteiger charge is 2.12. The third-order valence-electron chi connectivity index (χ3n) is 2.39. The minimum Gasteiger partial charge on any atom is -0.321 e. The van der Waals surface area contributed by atoms with Crippen molar-refractivity contribution in [3.8, 4) is 0 Å². The Labute approximate surface area is 134 Å². The van der Waals surface area contributed by atoms with Crippen LogP contribution < -0.4 is 5.32 Å². The molecule has 0 bridgehead atoms. The first kappa shape index (κ1) is 14.7. The van der Waals surface area contributed by atoms with E-state index in [0.29, 0.717) is 30.7 Å². The minimum absolute atomic E-state index is 0.267. The van der Waals surface area contributed by atoms with Gasteiger partial charge >= 0.3 is 0 Å². The molecular formula is C13H8BrCl2NOS. The zero-order chi connectivity index (χ0) is 14.0. The largest absolute Gasteiger partial charge is 0.321 e. The number of nitrogens with one attached hydrogen (secondary N) is 1. The molecule has 0 unspecified atom stereocenters. The zero-order valence-electron chi connectivity index (χ0n) is 9.45. The van der Waals surface area contributed by atoms with Crippen LogP contribution in [-0.4, -0.2) is 5.91 Å². The minimum atomic E-state index is -0.267. The fraction of sp³-hybridized carbons (Fsp3) is 0. The third-order valence-corrected chi connectivity index (χ3v) is 4.44. The van der Waals surface area contributed by atoms with Crippen LogP contribution in [0.2, 0.25) is 10.0 Å². The third kappa shape index (κ3) is 3.45. The van der Waals surface area contributed by atoms with Gasteiger partial charge in [0.25, 0.3) is 5.91 Å². The maximum absolute atomic E-state index is 12.1. The molecule has 2 rings (SSSR count). The van der Waals surface area contributed by atoms with Crippen LogP contribution in [0.1, 0.15) is 10.4 Å². The van der Waals surface area contributed by atoms with Crippen molar-refractivity contribution in [3.63, 3.8) is 0 Å². The Morgan fingerprint density at radius 3 is 2.58 bits per heavy atom. The summed E-state index contributed by atoms with van der Waals surface area (Å²) in [5, 5.41) is 3.37. The van der Waals surface area contributed by atoms with Gasteiger partial charge in [0.1, 0.15) is 0 Å². The highest BCUT2D eigenvalue weighted by Crippen LogP contribution is 2.35. The first-order chi connectivity index (χ1) is 8.99. The molecule has 0 aliphatic heterocycles. The van der Waals surface area contributed by atoms with E-state index in [-0.39, 0.29) is 5.91 Å². The molecule has 0 fully saturated rings. The Kier molecular flexibility index (Phi) is 4.79. The standard InChI is InChI=1S/C13H8BrCl2NOS/c14-9-4-5-10(12(16)11(9)15)17-13(18)7-2-1-3-8(19)6-7/h1-6,19H,(H,17,18). The van der Waals surface area contributed by atoms with Gasteiger partial charge in [-0.3, -0.25) is 4.79 Å². The van der Waals surface area contributed by atoms with Gasteiger partial charge in [-0.1, -0.05) is 29.3 Å². The number of rotatable bonds is 2. The van der Waals surface area contributed by atoms with E-state index >= 15 is 0 Å². The summed E-state index contributed by atoms with van der Waals surface area (Å²) in [6, 6.07) is 10.3. The van der Waals surface area contributed by atoms with Crippen molar-refractivity contribution in [1.82, 2.24) is 0 Å². The SMILES string of the molecule is O=C(Nc1ccc(Br)c(Cl)c1Cl)c1cccc(S)c1. The van der Waals surface area contributed by atoms with Crippen LogP contribution in [0, 0.1) is 0 Å². The predicted molar refractivity (Wildman–Crippen MR) is 85.8 cm³/mol. The van der Waals surface area contributed by atoms with Crippen LogP contribution in [0.25, 0.3) is 0 Å². The lowest BCUT2D eigenvalue weighted by molar-refractivity contribution is 0.102. The Morgan fingerprint density at radius 2 is 1.89 bits per heavy atom. The number of anilines is 1. The molecule has 0 aliphatic rings. The van der Waals surface area contributed by atoms with E-state index in [1.807, 2.05) is 0 Å². The normalized spacial score (nSPS) is 10.3. The first-order valence-corrected chi connectivity index (χ1v) is 7.22. The Hall–Kier alpha value is -0.680. The number of benzene rings is 2. The van der Waals surface area contributed by atoms with Crippen molar-refractivity contribution in [2.24, 2.45) is 0 Å². The quantitative estimate of drug-likeness (QED) is 0.540. The predicted octanol–water partition coefficient (Wildman–Crippen LogP) is 5.30. The smallest absolute Gasteiger partial charge is 0.255 e. The average molecular weight is 377 g/mol. The van der Waals surface area contributed by atoms with Crippen molar-refractivity contribution in [3.05, 3.63) is 56.5 Å². The van der Waals surface area contributed by atoms with Gasteiger partial charge < -0.3 is 5.32 Å². The Bertz CT molecular complexity index is 649. The van der Waals surface area contributed by atoms with Crippen LogP contribution in [0.5, 0.6) is 0 Å². The fourth-order valence-corrected chi connectivity index (χ4v) is 2.51. The molecule has 0 saturated carbocycles. The van der Waals surface area contributed by atoms with Gasteiger partial charge in [0, 0.05) is 14.9 Å². The van der Waals surface area contributed by atoms with Crippen LogP contribution in [-0.2, 0) is 0 Å². The first-order valence-electron chi connectivity index (χ1n) is 5.23. The maximum atomic E-state index is 12.1. The molecule has 1 N–H and O–H groups in total. The maximum Gasteiger partial charge on any atom is 0.255 e. The molecule has 2 aromatic rings. The van der Waals surface area contributed by atoms with Crippen LogP contribution in [0.4, 0.5) is 5.69 Å². The molecule has 2 nitrogen and oxygen atoms in total. The molecule has 0 aliphatic carbocycles. The Balaban J connectivity index is 2.27. The van der Waals surface area contributed by atoms with Gasteiger partial charge in [-0.2, -0.15) is 0 Å². The van der Waals surface area contributed by atoms with Gasteiger partial charge in [0.2, 0.25) is 0 Å². The zero-order valence-corrected chi connectivity index (χ0v) is 13.4. The lowest BCUT2D eigenvalue weighted by Gasteiger charge is -2.09. The number of amides is 1. The highest BCUT2D eigenvalue weighted by molar-refractivity contribution is 9.10. The molecule has 0 atom stereocenters. The molecule has 0 spiro atoms. The summed E-state index contributed by atoms with van der Waals surface area (Å²) < 4.78 is 0.675. The summed E-state index contributed by atoms with van der Waals surface area (Å²) in [5.74, 6) is -0.267. The molecule has 0 heterocycles. The summed E-state index contributed by atoms with van der Waals surface area (Å²) in [5.41, 5.74) is 0.965. The van der Waals surface area contributed by atoms with Crippen LogP contribution in [0.3, 0.4) is 0 Å². The van der Waals surface area contributed by atoms with E-state index in [1.165, 1.54) is 0 Å². The van der Waals surface area contributed by atoms with Crippen molar-refractivity contribution < 1.29 is 4.79 Å².